The van der Waals surface area contributed by atoms with E-state index in [0.29, 0.717) is 18.7 Å². The molecule has 1 heterocycles. The highest BCUT2D eigenvalue weighted by atomic mass is 16.3. The molecule has 0 saturated carbocycles. The van der Waals surface area contributed by atoms with Crippen LogP contribution >= 0.6 is 0 Å². The van der Waals surface area contributed by atoms with E-state index < -0.39 is 11.8 Å². The van der Waals surface area contributed by atoms with Crippen LogP contribution in [0.1, 0.15) is 11.3 Å². The Labute approximate surface area is 121 Å². The summed E-state index contributed by atoms with van der Waals surface area (Å²) >= 11 is 0. The van der Waals surface area contributed by atoms with E-state index in [4.69, 9.17) is 9.52 Å². The molecule has 0 radical (unpaired) electrons. The smallest absolute Gasteiger partial charge is 0.309 e. The summed E-state index contributed by atoms with van der Waals surface area (Å²) in [5.74, 6) is -0.599. The molecular weight excluding hydrogens is 272 g/mol. The first-order valence-corrected chi connectivity index (χ1v) is 6.51. The normalized spacial score (nSPS) is 10.1. The zero-order chi connectivity index (χ0) is 15.1. The molecule has 2 amide bonds. The molecule has 6 nitrogen and oxygen atoms in total. The van der Waals surface area contributed by atoms with Crippen LogP contribution < -0.4 is 10.6 Å². The van der Waals surface area contributed by atoms with Gasteiger partial charge < -0.3 is 20.2 Å². The van der Waals surface area contributed by atoms with E-state index in [0.717, 1.165) is 5.56 Å². The number of carbonyl (C=O) groups excluding carboxylic acids is 2. The Morgan fingerprint density at radius 3 is 2.43 bits per heavy atom. The minimum Gasteiger partial charge on any atom is -0.508 e. The van der Waals surface area contributed by atoms with Crippen LogP contribution in [0.25, 0.3) is 0 Å². The third-order valence-corrected chi connectivity index (χ3v) is 2.85. The summed E-state index contributed by atoms with van der Waals surface area (Å²) < 4.78 is 5.05. The second-order valence-corrected chi connectivity index (χ2v) is 4.43. The lowest BCUT2D eigenvalue weighted by Crippen LogP contribution is -2.40. The Morgan fingerprint density at radius 1 is 1.05 bits per heavy atom. The largest absolute Gasteiger partial charge is 0.508 e. The number of nitrogens with one attached hydrogen (secondary N) is 2. The van der Waals surface area contributed by atoms with E-state index in [1.54, 1.807) is 36.4 Å². The molecule has 0 spiro atoms. The third-order valence-electron chi connectivity index (χ3n) is 2.85. The molecule has 0 saturated heterocycles. The van der Waals surface area contributed by atoms with Gasteiger partial charge in [-0.25, -0.2) is 0 Å². The number of hydrogen-bond donors (Lipinski definition) is 3. The number of aromatic hydroxyl groups is 1. The van der Waals surface area contributed by atoms with E-state index in [2.05, 4.69) is 10.6 Å². The molecule has 0 aliphatic carbocycles. The fourth-order valence-electron chi connectivity index (χ4n) is 1.72. The Balaban J connectivity index is 1.68. The minimum atomic E-state index is -0.697. The maximum Gasteiger partial charge on any atom is 0.309 e. The highest BCUT2D eigenvalue weighted by Crippen LogP contribution is 2.09. The van der Waals surface area contributed by atoms with Gasteiger partial charge in [0.25, 0.3) is 0 Å². The number of phenolic OH excluding ortho intramolecular Hbond substituents is 1. The standard InChI is InChI=1S/C15H16N2O4/c18-12-5-3-11(4-6-12)7-8-16-14(19)15(20)17-10-13-2-1-9-21-13/h1-6,9,18H,7-8,10H2,(H,16,19)(H,17,20). The van der Waals surface area contributed by atoms with Crippen LogP contribution in [0.2, 0.25) is 0 Å². The van der Waals surface area contributed by atoms with Crippen LogP contribution in [0.3, 0.4) is 0 Å². The van der Waals surface area contributed by atoms with E-state index >= 15 is 0 Å². The van der Waals surface area contributed by atoms with Crippen molar-refractivity contribution in [1.29, 1.82) is 0 Å². The molecule has 110 valence electrons. The van der Waals surface area contributed by atoms with Crippen molar-refractivity contribution in [1.82, 2.24) is 10.6 Å². The number of phenols is 1. The highest BCUT2D eigenvalue weighted by Gasteiger charge is 2.12. The Kier molecular flexibility index (Phi) is 4.98. The summed E-state index contributed by atoms with van der Waals surface area (Å²) in [4.78, 5) is 23.1. The van der Waals surface area contributed by atoms with Gasteiger partial charge in [-0.15, -0.1) is 0 Å². The van der Waals surface area contributed by atoms with E-state index in [-0.39, 0.29) is 12.3 Å². The quantitative estimate of drug-likeness (QED) is 0.715. The predicted molar refractivity (Wildman–Crippen MR) is 75.4 cm³/mol. The van der Waals surface area contributed by atoms with Crippen LogP contribution in [0.5, 0.6) is 5.75 Å². The van der Waals surface area contributed by atoms with Gasteiger partial charge in [0.15, 0.2) is 0 Å². The van der Waals surface area contributed by atoms with Crippen molar-refractivity contribution in [2.45, 2.75) is 13.0 Å². The first-order chi connectivity index (χ1) is 10.1. The van der Waals surface area contributed by atoms with Crippen molar-refractivity contribution in [2.75, 3.05) is 6.54 Å². The molecule has 0 unspecified atom stereocenters. The summed E-state index contributed by atoms with van der Waals surface area (Å²) in [6, 6.07) is 10.1. The third kappa shape index (κ3) is 4.68. The zero-order valence-corrected chi connectivity index (χ0v) is 11.3. The van der Waals surface area contributed by atoms with Crippen LogP contribution in [0.15, 0.2) is 47.1 Å². The molecular formula is C15H16N2O4. The number of amides is 2. The van der Waals surface area contributed by atoms with E-state index in [9.17, 15) is 9.59 Å². The highest BCUT2D eigenvalue weighted by molar-refractivity contribution is 6.35. The first-order valence-electron chi connectivity index (χ1n) is 6.51. The lowest BCUT2D eigenvalue weighted by molar-refractivity contribution is -0.139. The van der Waals surface area contributed by atoms with Crippen molar-refractivity contribution >= 4 is 11.8 Å². The number of carbonyl (C=O) groups is 2. The molecule has 6 heteroatoms. The fourth-order valence-corrected chi connectivity index (χ4v) is 1.72. The molecule has 0 atom stereocenters. The summed E-state index contributed by atoms with van der Waals surface area (Å²) in [5, 5.41) is 14.1. The van der Waals surface area contributed by atoms with E-state index in [1.165, 1.54) is 6.26 Å². The van der Waals surface area contributed by atoms with E-state index in [1.807, 2.05) is 0 Å². The van der Waals surface area contributed by atoms with Gasteiger partial charge in [0.1, 0.15) is 11.5 Å². The van der Waals surface area contributed by atoms with Crippen molar-refractivity contribution in [3.8, 4) is 5.75 Å². The van der Waals surface area contributed by atoms with Gasteiger partial charge in [0, 0.05) is 6.54 Å². The maximum absolute atomic E-state index is 11.6. The molecule has 2 rings (SSSR count). The SMILES string of the molecule is O=C(NCCc1ccc(O)cc1)C(=O)NCc1ccco1. The maximum atomic E-state index is 11.6. The van der Waals surface area contributed by atoms with Crippen LogP contribution in [0.4, 0.5) is 0 Å². The fraction of sp³-hybridized carbons (Fsp3) is 0.200. The summed E-state index contributed by atoms with van der Waals surface area (Å²) in [7, 11) is 0. The summed E-state index contributed by atoms with van der Waals surface area (Å²) in [6.45, 7) is 0.523. The second-order valence-electron chi connectivity index (χ2n) is 4.43. The van der Waals surface area contributed by atoms with Gasteiger partial charge in [0.2, 0.25) is 0 Å². The molecule has 1 aromatic carbocycles. The van der Waals surface area contributed by atoms with Crippen LogP contribution in [-0.4, -0.2) is 23.5 Å². The molecule has 2 aromatic rings. The van der Waals surface area contributed by atoms with Crippen LogP contribution in [0, 0.1) is 0 Å². The average Bonchev–Trinajstić information content (AvgIpc) is 3.00. The summed E-state index contributed by atoms with van der Waals surface area (Å²) in [5.41, 5.74) is 0.962. The number of hydrogen-bond acceptors (Lipinski definition) is 4. The first kappa shape index (κ1) is 14.6. The van der Waals surface area contributed by atoms with Gasteiger partial charge in [-0.1, -0.05) is 12.1 Å². The Morgan fingerprint density at radius 2 is 1.76 bits per heavy atom. The number of furan rings is 1. The lowest BCUT2D eigenvalue weighted by Gasteiger charge is -2.06. The average molecular weight is 288 g/mol. The topological polar surface area (TPSA) is 91.6 Å². The van der Waals surface area contributed by atoms with Gasteiger partial charge in [-0.2, -0.15) is 0 Å². The lowest BCUT2D eigenvalue weighted by atomic mass is 10.1. The van der Waals surface area contributed by atoms with Crippen molar-refractivity contribution < 1.29 is 19.1 Å². The molecule has 0 aliphatic rings. The van der Waals surface area contributed by atoms with Crippen molar-refractivity contribution in [3.63, 3.8) is 0 Å². The van der Waals surface area contributed by atoms with Crippen LogP contribution in [-0.2, 0) is 22.6 Å². The Bertz CT molecular complexity index is 591. The molecule has 1 aromatic heterocycles. The number of rotatable bonds is 5. The zero-order valence-electron chi connectivity index (χ0n) is 11.3. The second kappa shape index (κ2) is 7.14. The molecule has 0 bridgehead atoms. The van der Waals surface area contributed by atoms with Crippen molar-refractivity contribution in [2.24, 2.45) is 0 Å². The summed E-state index contributed by atoms with van der Waals surface area (Å²) in [6.07, 6.45) is 2.08. The van der Waals surface area contributed by atoms with Gasteiger partial charge in [0.05, 0.1) is 12.8 Å². The van der Waals surface area contributed by atoms with Gasteiger partial charge >= 0.3 is 11.8 Å². The molecule has 0 fully saturated rings. The van der Waals surface area contributed by atoms with Gasteiger partial charge in [-0.05, 0) is 36.2 Å². The molecule has 21 heavy (non-hydrogen) atoms. The molecule has 3 N–H and O–H groups in total. The Hall–Kier alpha value is -2.76. The van der Waals surface area contributed by atoms with Crippen molar-refractivity contribution in [3.05, 3.63) is 54.0 Å². The number of benzene rings is 1. The van der Waals surface area contributed by atoms with Gasteiger partial charge in [-0.3, -0.25) is 9.59 Å². The predicted octanol–water partition coefficient (Wildman–Crippen LogP) is 0.960. The monoisotopic (exact) mass is 288 g/mol. The molecule has 0 aliphatic heterocycles. The minimum absolute atomic E-state index is 0.178.